The zero-order chi connectivity index (χ0) is 45.0. The third-order valence-corrected chi connectivity index (χ3v) is 13.2. The number of benzene rings is 9. The monoisotopic (exact) mass is 867 g/mol. The number of nitrogens with zero attached hydrogens (tertiary/aromatic N) is 5. The highest BCUT2D eigenvalue weighted by molar-refractivity contribution is 6.12. The van der Waals surface area contributed by atoms with Crippen molar-refractivity contribution in [3.8, 4) is 78.8 Å². The number of hydrogen-bond acceptors (Lipinski definition) is 3. The SMILES string of the molecule is c1ccc(-c2nc(-c3ccc(-c4cc(-c5ccc6c(c5)c5ccccc5n6-c5ccccc5)cc(-c5ccc6c(c5)c5ccccc5n6-c5ccccc5)c4)cc3)cc(-c3ccccn3)n2)cc1. The minimum absolute atomic E-state index is 0.665. The van der Waals surface area contributed by atoms with Gasteiger partial charge < -0.3 is 9.13 Å². The molecule has 4 heterocycles. The third kappa shape index (κ3) is 6.84. The summed E-state index contributed by atoms with van der Waals surface area (Å²) in [6.45, 7) is 0. The molecule has 68 heavy (non-hydrogen) atoms. The maximum absolute atomic E-state index is 5.10. The van der Waals surface area contributed by atoms with E-state index in [0.717, 1.165) is 73.0 Å². The molecule has 0 aliphatic rings. The Hall–Kier alpha value is -9.19. The Balaban J connectivity index is 0.973. The molecular formula is C63H41N5. The van der Waals surface area contributed by atoms with Gasteiger partial charge in [-0.15, -0.1) is 0 Å². The second kappa shape index (κ2) is 16.4. The average molecular weight is 868 g/mol. The van der Waals surface area contributed by atoms with Crippen LogP contribution < -0.4 is 0 Å². The van der Waals surface area contributed by atoms with Crippen LogP contribution in [0.4, 0.5) is 0 Å². The van der Waals surface area contributed by atoms with Crippen LogP contribution in [0.3, 0.4) is 0 Å². The molecule has 0 atom stereocenters. The first-order valence-electron chi connectivity index (χ1n) is 23.0. The van der Waals surface area contributed by atoms with Gasteiger partial charge in [0.1, 0.15) is 0 Å². The van der Waals surface area contributed by atoms with Crippen molar-refractivity contribution in [2.24, 2.45) is 0 Å². The van der Waals surface area contributed by atoms with Crippen LogP contribution in [-0.4, -0.2) is 24.1 Å². The molecule has 0 saturated heterocycles. The summed E-state index contributed by atoms with van der Waals surface area (Å²) in [6.07, 6.45) is 1.80. The smallest absolute Gasteiger partial charge is 0.160 e. The number of para-hydroxylation sites is 4. The fourth-order valence-corrected chi connectivity index (χ4v) is 9.93. The first-order valence-corrected chi connectivity index (χ1v) is 23.0. The summed E-state index contributed by atoms with van der Waals surface area (Å²) in [4.78, 5) is 14.7. The first kappa shape index (κ1) is 39.2. The van der Waals surface area contributed by atoms with Gasteiger partial charge in [-0.1, -0.05) is 146 Å². The Labute approximate surface area is 393 Å². The van der Waals surface area contributed by atoms with Gasteiger partial charge >= 0.3 is 0 Å². The van der Waals surface area contributed by atoms with Crippen molar-refractivity contribution in [3.63, 3.8) is 0 Å². The van der Waals surface area contributed by atoms with Crippen LogP contribution in [0.25, 0.3) is 122 Å². The molecule has 0 amide bonds. The van der Waals surface area contributed by atoms with Gasteiger partial charge in [-0.2, -0.15) is 0 Å². The summed E-state index contributed by atoms with van der Waals surface area (Å²) in [7, 11) is 0. The third-order valence-electron chi connectivity index (χ3n) is 13.2. The molecule has 0 unspecified atom stereocenters. The van der Waals surface area contributed by atoms with Gasteiger partial charge in [0.15, 0.2) is 5.82 Å². The topological polar surface area (TPSA) is 48.5 Å². The van der Waals surface area contributed by atoms with Crippen molar-refractivity contribution in [1.29, 1.82) is 0 Å². The molecule has 0 fully saturated rings. The lowest BCUT2D eigenvalue weighted by Crippen LogP contribution is -1.96. The summed E-state index contributed by atoms with van der Waals surface area (Å²) >= 11 is 0. The number of rotatable bonds is 8. The number of hydrogen-bond donors (Lipinski definition) is 0. The van der Waals surface area contributed by atoms with E-state index >= 15 is 0 Å². The van der Waals surface area contributed by atoms with Crippen LogP contribution in [0.15, 0.2) is 249 Å². The van der Waals surface area contributed by atoms with Gasteiger partial charge in [-0.05, 0) is 130 Å². The Morgan fingerprint density at radius 2 is 0.691 bits per heavy atom. The first-order chi connectivity index (χ1) is 33.7. The van der Waals surface area contributed by atoms with Gasteiger partial charge in [0, 0.05) is 50.2 Å². The van der Waals surface area contributed by atoms with Gasteiger partial charge in [0.2, 0.25) is 0 Å². The van der Waals surface area contributed by atoms with E-state index in [1.807, 2.05) is 54.6 Å². The van der Waals surface area contributed by atoms with Crippen LogP contribution in [0.5, 0.6) is 0 Å². The number of pyridine rings is 1. The molecule has 13 aromatic rings. The molecule has 0 bridgehead atoms. The van der Waals surface area contributed by atoms with Gasteiger partial charge in [-0.3, -0.25) is 4.98 Å². The van der Waals surface area contributed by atoms with Gasteiger partial charge in [0.25, 0.3) is 0 Å². The molecule has 0 saturated carbocycles. The maximum atomic E-state index is 5.10. The molecule has 0 aliphatic heterocycles. The number of aromatic nitrogens is 5. The second-order valence-corrected chi connectivity index (χ2v) is 17.3. The lowest BCUT2D eigenvalue weighted by Gasteiger charge is -2.13. The van der Waals surface area contributed by atoms with E-state index < -0.39 is 0 Å². The molecular weight excluding hydrogens is 827 g/mol. The Morgan fingerprint density at radius 1 is 0.250 bits per heavy atom. The van der Waals surface area contributed by atoms with E-state index in [9.17, 15) is 0 Å². The highest BCUT2D eigenvalue weighted by Crippen LogP contribution is 2.40. The lowest BCUT2D eigenvalue weighted by atomic mass is 9.92. The van der Waals surface area contributed by atoms with E-state index in [1.54, 1.807) is 6.20 Å². The molecule has 5 heteroatoms. The summed E-state index contributed by atoms with van der Waals surface area (Å²) in [5, 5.41) is 4.90. The molecule has 0 N–H and O–H groups in total. The predicted molar refractivity (Wildman–Crippen MR) is 281 cm³/mol. The van der Waals surface area contributed by atoms with E-state index in [4.69, 9.17) is 9.97 Å². The summed E-state index contributed by atoms with van der Waals surface area (Å²) in [5.41, 5.74) is 18.3. The quantitative estimate of drug-likeness (QED) is 0.153. The van der Waals surface area contributed by atoms with E-state index in [2.05, 4.69) is 202 Å². The fraction of sp³-hybridized carbons (Fsp3) is 0. The molecule has 13 rings (SSSR count). The largest absolute Gasteiger partial charge is 0.309 e. The summed E-state index contributed by atoms with van der Waals surface area (Å²) in [6, 6.07) is 86.6. The van der Waals surface area contributed by atoms with Crippen molar-refractivity contribution in [3.05, 3.63) is 249 Å². The Kier molecular flexibility index (Phi) is 9.43. The van der Waals surface area contributed by atoms with Crippen molar-refractivity contribution in [2.75, 3.05) is 0 Å². The molecule has 318 valence electrons. The van der Waals surface area contributed by atoms with Crippen LogP contribution in [0, 0.1) is 0 Å². The van der Waals surface area contributed by atoms with E-state index in [-0.39, 0.29) is 0 Å². The normalized spacial score (nSPS) is 11.5. The maximum Gasteiger partial charge on any atom is 0.160 e. The van der Waals surface area contributed by atoms with Crippen LogP contribution in [-0.2, 0) is 0 Å². The predicted octanol–water partition coefficient (Wildman–Crippen LogP) is 16.1. The zero-order valence-electron chi connectivity index (χ0n) is 36.9. The Bertz CT molecular complexity index is 3750. The highest BCUT2D eigenvalue weighted by atomic mass is 15.0. The summed E-state index contributed by atoms with van der Waals surface area (Å²) in [5.74, 6) is 0.665. The summed E-state index contributed by atoms with van der Waals surface area (Å²) < 4.78 is 4.75. The van der Waals surface area contributed by atoms with Gasteiger partial charge in [-0.25, -0.2) is 9.97 Å². The second-order valence-electron chi connectivity index (χ2n) is 17.3. The molecule has 0 spiro atoms. The molecule has 9 aromatic carbocycles. The molecule has 0 aliphatic carbocycles. The fourth-order valence-electron chi connectivity index (χ4n) is 9.93. The van der Waals surface area contributed by atoms with Crippen LogP contribution in [0.1, 0.15) is 0 Å². The lowest BCUT2D eigenvalue weighted by molar-refractivity contribution is 1.16. The van der Waals surface area contributed by atoms with Crippen LogP contribution in [0.2, 0.25) is 0 Å². The van der Waals surface area contributed by atoms with Gasteiger partial charge in [0.05, 0.1) is 39.1 Å². The van der Waals surface area contributed by atoms with Crippen molar-refractivity contribution in [2.45, 2.75) is 0 Å². The minimum atomic E-state index is 0.665. The Morgan fingerprint density at radius 3 is 1.24 bits per heavy atom. The standard InChI is InChI=1S/C63H41N5/c1-4-16-44(17-5-1)63-65-57(41-58(66-63)56-24-14-15-35-64-56)43-29-27-42(28-30-43)47-36-48(45-31-33-61-54(39-45)52-22-10-12-25-59(52)67(61)50-18-6-2-7-19-50)38-49(37-47)46-32-34-62-55(40-46)53-23-11-13-26-60(53)68(62)51-20-8-3-9-21-51/h1-41H. The highest BCUT2D eigenvalue weighted by Gasteiger charge is 2.18. The molecule has 0 radical (unpaired) electrons. The van der Waals surface area contributed by atoms with Crippen LogP contribution >= 0.6 is 0 Å². The number of fused-ring (bicyclic) bond motifs is 6. The van der Waals surface area contributed by atoms with E-state index in [1.165, 1.54) is 43.6 Å². The van der Waals surface area contributed by atoms with Crippen molar-refractivity contribution in [1.82, 2.24) is 24.1 Å². The zero-order valence-corrected chi connectivity index (χ0v) is 36.9. The van der Waals surface area contributed by atoms with Crippen molar-refractivity contribution >= 4 is 43.6 Å². The van der Waals surface area contributed by atoms with E-state index in [0.29, 0.717) is 5.82 Å². The molecule has 4 aromatic heterocycles. The molecule has 5 nitrogen and oxygen atoms in total. The minimum Gasteiger partial charge on any atom is -0.309 e. The average Bonchev–Trinajstić information content (AvgIpc) is 3.94. The van der Waals surface area contributed by atoms with Crippen molar-refractivity contribution < 1.29 is 0 Å².